The Morgan fingerprint density at radius 2 is 1.93 bits per heavy atom. The second-order valence-electron chi connectivity index (χ2n) is 6.85. The van der Waals surface area contributed by atoms with E-state index in [1.807, 2.05) is 6.07 Å². The number of hydrogen-bond acceptors (Lipinski definition) is 5. The Labute approximate surface area is 163 Å². The third kappa shape index (κ3) is 4.52. The van der Waals surface area contributed by atoms with E-state index in [0.29, 0.717) is 11.5 Å². The van der Waals surface area contributed by atoms with Gasteiger partial charge in [-0.1, -0.05) is 30.3 Å². The van der Waals surface area contributed by atoms with Crippen LogP contribution in [0.4, 0.5) is 10.5 Å². The third-order valence-corrected chi connectivity index (χ3v) is 4.84. The number of rotatable bonds is 5. The van der Waals surface area contributed by atoms with Gasteiger partial charge in [-0.25, -0.2) is 19.4 Å². The summed E-state index contributed by atoms with van der Waals surface area (Å²) < 4.78 is 1.53. The van der Waals surface area contributed by atoms with Crippen LogP contribution in [-0.2, 0) is 6.54 Å². The van der Waals surface area contributed by atoms with Crippen LogP contribution in [0.15, 0.2) is 61.3 Å². The molecule has 0 saturated carbocycles. The van der Waals surface area contributed by atoms with Crippen LogP contribution in [0, 0.1) is 0 Å². The van der Waals surface area contributed by atoms with Crippen molar-refractivity contribution in [2.45, 2.75) is 25.4 Å². The van der Waals surface area contributed by atoms with Crippen LogP contribution in [-0.4, -0.2) is 49.8 Å². The highest BCUT2D eigenvalue weighted by atomic mass is 16.2. The fraction of sp³-hybridized carbons (Fsp3) is 0.300. The Bertz CT molecular complexity index is 890. The first-order valence-electron chi connectivity index (χ1n) is 9.42. The van der Waals surface area contributed by atoms with E-state index in [2.05, 4.69) is 54.9 Å². The summed E-state index contributed by atoms with van der Waals surface area (Å²) in [6.07, 6.45) is 6.50. The van der Waals surface area contributed by atoms with Crippen molar-refractivity contribution in [2.75, 3.05) is 18.4 Å². The van der Waals surface area contributed by atoms with Gasteiger partial charge in [0.1, 0.15) is 12.7 Å². The van der Waals surface area contributed by atoms with Crippen LogP contribution in [0.25, 0.3) is 5.82 Å². The Balaban J connectivity index is 1.29. The number of aromatic nitrogens is 4. The minimum Gasteiger partial charge on any atom is -0.335 e. The predicted molar refractivity (Wildman–Crippen MR) is 106 cm³/mol. The van der Waals surface area contributed by atoms with Crippen molar-refractivity contribution < 1.29 is 4.79 Å². The smallest absolute Gasteiger partial charge is 0.319 e. The van der Waals surface area contributed by atoms with Crippen molar-refractivity contribution in [3.63, 3.8) is 0 Å². The Hall–Kier alpha value is -3.26. The Morgan fingerprint density at radius 1 is 1.11 bits per heavy atom. The van der Waals surface area contributed by atoms with Gasteiger partial charge in [-0.3, -0.25) is 4.90 Å². The van der Waals surface area contributed by atoms with Crippen molar-refractivity contribution in [1.82, 2.24) is 30.0 Å². The number of likely N-dealkylation sites (tertiary alicyclic amines) is 1. The van der Waals surface area contributed by atoms with E-state index in [1.54, 1.807) is 24.7 Å². The van der Waals surface area contributed by atoms with E-state index < -0.39 is 0 Å². The molecule has 3 heterocycles. The minimum absolute atomic E-state index is 0.165. The zero-order valence-corrected chi connectivity index (χ0v) is 15.5. The molecule has 0 bridgehead atoms. The zero-order chi connectivity index (χ0) is 19.2. The molecular weight excluding hydrogens is 354 g/mol. The molecule has 0 unspecified atom stereocenters. The molecule has 0 spiro atoms. The van der Waals surface area contributed by atoms with Gasteiger partial charge in [0.25, 0.3) is 0 Å². The van der Waals surface area contributed by atoms with Crippen LogP contribution < -0.4 is 10.6 Å². The quantitative estimate of drug-likeness (QED) is 0.713. The molecular formula is C20H23N7O. The maximum Gasteiger partial charge on any atom is 0.319 e. The molecule has 2 N–H and O–H groups in total. The summed E-state index contributed by atoms with van der Waals surface area (Å²) in [4.78, 5) is 23.1. The summed E-state index contributed by atoms with van der Waals surface area (Å²) in [6, 6.07) is 14.0. The number of piperidine rings is 1. The van der Waals surface area contributed by atoms with Crippen molar-refractivity contribution in [2.24, 2.45) is 0 Å². The maximum absolute atomic E-state index is 12.5. The lowest BCUT2D eigenvalue weighted by Crippen LogP contribution is -2.45. The average Bonchev–Trinajstić information content (AvgIpc) is 3.25. The summed E-state index contributed by atoms with van der Waals surface area (Å²) in [5.74, 6) is 0.535. The van der Waals surface area contributed by atoms with E-state index >= 15 is 0 Å². The molecule has 0 radical (unpaired) electrons. The van der Waals surface area contributed by atoms with Crippen molar-refractivity contribution in [1.29, 1.82) is 0 Å². The van der Waals surface area contributed by atoms with E-state index in [-0.39, 0.29) is 12.1 Å². The number of pyridine rings is 1. The summed E-state index contributed by atoms with van der Waals surface area (Å²) in [6.45, 7) is 2.89. The second kappa shape index (κ2) is 8.62. The van der Waals surface area contributed by atoms with Crippen LogP contribution >= 0.6 is 0 Å². The highest BCUT2D eigenvalue weighted by Gasteiger charge is 2.21. The fourth-order valence-corrected chi connectivity index (χ4v) is 3.42. The number of carbonyl (C=O) groups is 1. The normalized spacial score (nSPS) is 15.3. The van der Waals surface area contributed by atoms with Crippen molar-refractivity contribution >= 4 is 11.7 Å². The third-order valence-electron chi connectivity index (χ3n) is 4.84. The first-order chi connectivity index (χ1) is 13.8. The number of benzene rings is 1. The van der Waals surface area contributed by atoms with Crippen molar-refractivity contribution in [3.8, 4) is 5.82 Å². The van der Waals surface area contributed by atoms with Gasteiger partial charge in [-0.2, -0.15) is 5.10 Å². The fourth-order valence-electron chi connectivity index (χ4n) is 3.42. The topological polar surface area (TPSA) is 88.0 Å². The molecule has 8 heteroatoms. The lowest BCUT2D eigenvalue weighted by molar-refractivity contribution is 0.190. The molecule has 1 fully saturated rings. The summed E-state index contributed by atoms with van der Waals surface area (Å²) >= 11 is 0. The molecule has 2 amide bonds. The first kappa shape index (κ1) is 18.1. The summed E-state index contributed by atoms with van der Waals surface area (Å²) in [5.41, 5.74) is 1.91. The van der Waals surface area contributed by atoms with Crippen molar-refractivity contribution in [3.05, 3.63) is 66.9 Å². The lowest BCUT2D eigenvalue weighted by atomic mass is 10.0. The molecule has 4 rings (SSSR count). The Morgan fingerprint density at radius 3 is 2.68 bits per heavy atom. The number of nitrogens with one attached hydrogen (secondary N) is 2. The lowest BCUT2D eigenvalue weighted by Gasteiger charge is -2.32. The summed E-state index contributed by atoms with van der Waals surface area (Å²) in [5, 5.41) is 10.0. The number of amides is 2. The highest BCUT2D eigenvalue weighted by Crippen LogP contribution is 2.17. The molecule has 0 aliphatic carbocycles. The van der Waals surface area contributed by atoms with E-state index in [0.717, 1.165) is 32.5 Å². The van der Waals surface area contributed by atoms with Crippen LogP contribution in [0.1, 0.15) is 18.4 Å². The molecule has 0 atom stereocenters. The molecule has 28 heavy (non-hydrogen) atoms. The van der Waals surface area contributed by atoms with Gasteiger partial charge < -0.3 is 10.6 Å². The molecule has 144 valence electrons. The zero-order valence-electron chi connectivity index (χ0n) is 15.5. The van der Waals surface area contributed by atoms with Gasteiger partial charge in [0, 0.05) is 31.9 Å². The number of hydrogen-bond donors (Lipinski definition) is 2. The van der Waals surface area contributed by atoms with Crippen LogP contribution in [0.2, 0.25) is 0 Å². The number of nitrogens with zero attached hydrogens (tertiary/aromatic N) is 5. The molecule has 1 saturated heterocycles. The number of urea groups is 1. The van der Waals surface area contributed by atoms with Gasteiger partial charge in [0.2, 0.25) is 0 Å². The van der Waals surface area contributed by atoms with Gasteiger partial charge >= 0.3 is 6.03 Å². The van der Waals surface area contributed by atoms with Gasteiger partial charge in [-0.15, -0.1) is 0 Å². The predicted octanol–water partition coefficient (Wildman–Crippen LogP) is 2.45. The van der Waals surface area contributed by atoms with E-state index in [1.165, 1.54) is 16.6 Å². The first-order valence-corrected chi connectivity index (χ1v) is 9.42. The number of anilines is 1. The van der Waals surface area contributed by atoms with Gasteiger partial charge in [0.15, 0.2) is 5.82 Å². The molecule has 8 nitrogen and oxygen atoms in total. The standard InChI is InChI=1S/C20H23N7O/c28-20(25-18-7-4-10-22-19(18)27-15-21-14-23-27)24-17-8-11-26(12-9-17)13-16-5-2-1-3-6-16/h1-7,10,14-15,17H,8-9,11-13H2,(H2,24,25,28). The largest absolute Gasteiger partial charge is 0.335 e. The average molecular weight is 377 g/mol. The highest BCUT2D eigenvalue weighted by molar-refractivity contribution is 5.91. The van der Waals surface area contributed by atoms with E-state index in [9.17, 15) is 4.79 Å². The molecule has 1 aromatic carbocycles. The van der Waals surface area contributed by atoms with E-state index in [4.69, 9.17) is 0 Å². The maximum atomic E-state index is 12.5. The molecule has 2 aromatic heterocycles. The Kier molecular flexibility index (Phi) is 5.58. The van der Waals surface area contributed by atoms with Gasteiger partial charge in [-0.05, 0) is 30.5 Å². The monoisotopic (exact) mass is 377 g/mol. The van der Waals surface area contributed by atoms with Crippen LogP contribution in [0.5, 0.6) is 0 Å². The van der Waals surface area contributed by atoms with Crippen LogP contribution in [0.3, 0.4) is 0 Å². The second-order valence-corrected chi connectivity index (χ2v) is 6.85. The SMILES string of the molecule is O=C(Nc1cccnc1-n1cncn1)NC1CCN(Cc2ccccc2)CC1. The molecule has 3 aromatic rings. The molecule has 1 aliphatic rings. The number of carbonyl (C=O) groups excluding carboxylic acids is 1. The summed E-state index contributed by atoms with van der Waals surface area (Å²) in [7, 11) is 0. The van der Waals surface area contributed by atoms with Gasteiger partial charge in [0.05, 0.1) is 5.69 Å². The molecule has 1 aliphatic heterocycles. The minimum atomic E-state index is -0.226.